The summed E-state index contributed by atoms with van der Waals surface area (Å²) < 4.78 is 5.05. The van der Waals surface area contributed by atoms with Crippen LogP contribution in [-0.2, 0) is 20.9 Å². The van der Waals surface area contributed by atoms with Gasteiger partial charge in [0.15, 0.2) is 0 Å². The summed E-state index contributed by atoms with van der Waals surface area (Å²) in [7, 11) is 1.58. The number of rotatable bonds is 9. The zero-order chi connectivity index (χ0) is 18.8. The van der Waals surface area contributed by atoms with Crippen LogP contribution < -0.4 is 26.4 Å². The van der Waals surface area contributed by atoms with Gasteiger partial charge < -0.3 is 26.4 Å². The van der Waals surface area contributed by atoms with Crippen LogP contribution in [0.2, 0.25) is 0 Å². The lowest BCUT2D eigenvalue weighted by Gasteiger charge is -2.15. The average Bonchev–Trinajstić information content (AvgIpc) is 2.62. The number of nitrogens with one attached hydrogen (secondary N) is 3. The zero-order valence-corrected chi connectivity index (χ0v) is 16.0. The lowest BCUT2D eigenvalue weighted by molar-refractivity contribution is -0.128. The first-order chi connectivity index (χ1) is 11.8. The van der Waals surface area contributed by atoms with E-state index < -0.39 is 17.9 Å². The van der Waals surface area contributed by atoms with Crippen LogP contribution in [0.5, 0.6) is 5.75 Å². The summed E-state index contributed by atoms with van der Waals surface area (Å²) in [5.41, 5.74) is 6.58. The molecule has 0 aliphatic heterocycles. The first kappa shape index (κ1) is 23.7. The topological polar surface area (TPSA) is 123 Å². The Morgan fingerprint density at radius 1 is 1.00 bits per heavy atom. The Bertz CT molecular complexity index is 593. The number of halogens is 1. The molecular weight excluding hydrogens is 360 g/mol. The highest BCUT2D eigenvalue weighted by molar-refractivity contribution is 5.89. The van der Waals surface area contributed by atoms with E-state index in [9.17, 15) is 14.4 Å². The van der Waals surface area contributed by atoms with Crippen molar-refractivity contribution in [1.29, 1.82) is 0 Å². The molecule has 0 aliphatic rings. The van der Waals surface area contributed by atoms with Gasteiger partial charge in [0.25, 0.3) is 0 Å². The molecule has 5 N–H and O–H groups in total. The second-order valence-corrected chi connectivity index (χ2v) is 5.89. The summed E-state index contributed by atoms with van der Waals surface area (Å²) in [6, 6.07) is 6.61. The van der Waals surface area contributed by atoms with E-state index in [1.165, 1.54) is 0 Å². The van der Waals surface area contributed by atoms with Gasteiger partial charge in [-0.25, -0.2) is 0 Å². The number of amides is 3. The molecule has 0 heterocycles. The Morgan fingerprint density at radius 2 is 1.54 bits per heavy atom. The van der Waals surface area contributed by atoms with Crippen LogP contribution in [0, 0.1) is 5.92 Å². The van der Waals surface area contributed by atoms with E-state index in [4.69, 9.17) is 10.5 Å². The van der Waals surface area contributed by atoms with E-state index in [2.05, 4.69) is 16.0 Å². The van der Waals surface area contributed by atoms with Crippen molar-refractivity contribution >= 4 is 30.1 Å². The van der Waals surface area contributed by atoms with Gasteiger partial charge in [-0.1, -0.05) is 26.0 Å². The molecule has 0 bridgehead atoms. The normalized spacial score (nSPS) is 11.1. The molecule has 0 saturated carbocycles. The van der Waals surface area contributed by atoms with Crippen LogP contribution in [0.1, 0.15) is 19.4 Å². The van der Waals surface area contributed by atoms with Gasteiger partial charge in [-0.05, 0) is 23.6 Å². The third kappa shape index (κ3) is 8.68. The van der Waals surface area contributed by atoms with Gasteiger partial charge in [0.1, 0.15) is 5.75 Å². The van der Waals surface area contributed by atoms with Crippen LogP contribution in [0.3, 0.4) is 0 Å². The van der Waals surface area contributed by atoms with Gasteiger partial charge in [0.05, 0.1) is 26.2 Å². The van der Waals surface area contributed by atoms with Gasteiger partial charge in [0.2, 0.25) is 17.7 Å². The minimum atomic E-state index is -0.666. The summed E-state index contributed by atoms with van der Waals surface area (Å²) >= 11 is 0. The molecule has 1 aromatic carbocycles. The minimum Gasteiger partial charge on any atom is -0.497 e. The molecular formula is C17H27ClN4O4. The summed E-state index contributed by atoms with van der Waals surface area (Å²) in [5.74, 6) is -0.458. The maximum Gasteiger partial charge on any atom is 0.239 e. The molecule has 1 aromatic rings. The molecule has 8 nitrogen and oxygen atoms in total. The minimum absolute atomic E-state index is 0. The maximum atomic E-state index is 11.7. The molecule has 0 saturated heterocycles. The van der Waals surface area contributed by atoms with E-state index in [1.807, 2.05) is 26.0 Å². The molecule has 146 valence electrons. The Hall–Kier alpha value is -2.32. The number of ether oxygens (including phenoxy) is 1. The second kappa shape index (κ2) is 12.1. The number of methoxy groups -OCH3 is 1. The third-order valence-corrected chi connectivity index (χ3v) is 3.54. The molecule has 26 heavy (non-hydrogen) atoms. The number of carbonyl (C=O) groups excluding carboxylic acids is 3. The summed E-state index contributed by atoms with van der Waals surface area (Å²) in [6.07, 6.45) is 0. The summed E-state index contributed by atoms with van der Waals surface area (Å²) in [6.45, 7) is 3.60. The molecule has 0 aliphatic carbocycles. The number of hydrogen-bond donors (Lipinski definition) is 4. The van der Waals surface area contributed by atoms with E-state index >= 15 is 0 Å². The fourth-order valence-electron chi connectivity index (χ4n) is 1.84. The highest BCUT2D eigenvalue weighted by Crippen LogP contribution is 2.10. The number of nitrogens with two attached hydrogens (primary N) is 1. The zero-order valence-electron chi connectivity index (χ0n) is 15.2. The van der Waals surface area contributed by atoms with Crippen molar-refractivity contribution in [2.45, 2.75) is 26.4 Å². The summed E-state index contributed by atoms with van der Waals surface area (Å²) in [4.78, 5) is 35.0. The predicted molar refractivity (Wildman–Crippen MR) is 101 cm³/mol. The quantitative estimate of drug-likeness (QED) is 0.474. The largest absolute Gasteiger partial charge is 0.497 e. The van der Waals surface area contributed by atoms with Crippen molar-refractivity contribution in [3.05, 3.63) is 29.8 Å². The molecule has 0 spiro atoms. The first-order valence-electron chi connectivity index (χ1n) is 8.03. The smallest absolute Gasteiger partial charge is 0.239 e. The van der Waals surface area contributed by atoms with Crippen molar-refractivity contribution in [2.24, 2.45) is 11.7 Å². The molecule has 0 radical (unpaired) electrons. The Balaban J connectivity index is 0.00000625. The Morgan fingerprint density at radius 3 is 2.08 bits per heavy atom. The van der Waals surface area contributed by atoms with Crippen molar-refractivity contribution in [3.63, 3.8) is 0 Å². The van der Waals surface area contributed by atoms with Gasteiger partial charge in [-0.2, -0.15) is 0 Å². The fraction of sp³-hybridized carbons (Fsp3) is 0.471. The van der Waals surface area contributed by atoms with Crippen LogP contribution in [-0.4, -0.2) is 44.0 Å². The first-order valence-corrected chi connectivity index (χ1v) is 8.03. The molecule has 1 rings (SSSR count). The molecule has 0 unspecified atom stereocenters. The monoisotopic (exact) mass is 386 g/mol. The summed E-state index contributed by atoms with van der Waals surface area (Å²) in [5, 5.41) is 7.56. The standard InChI is InChI=1S/C17H26N4O4.ClH/c1-11(2)16(18)17(24)21-10-15(23)20-9-14(22)19-8-12-4-6-13(25-3)7-5-12;/h4-7,11,16H,8-10,18H2,1-3H3,(H,19,22)(H,20,23)(H,21,24);1H/t16-;/m0./s1. The van der Waals surface area contributed by atoms with E-state index in [0.29, 0.717) is 6.54 Å². The fourth-order valence-corrected chi connectivity index (χ4v) is 1.84. The van der Waals surface area contributed by atoms with Crippen LogP contribution >= 0.6 is 12.4 Å². The van der Waals surface area contributed by atoms with E-state index in [0.717, 1.165) is 11.3 Å². The van der Waals surface area contributed by atoms with E-state index in [-0.39, 0.29) is 37.3 Å². The lowest BCUT2D eigenvalue weighted by atomic mass is 10.1. The molecule has 3 amide bonds. The highest BCUT2D eigenvalue weighted by atomic mass is 35.5. The number of carbonyl (C=O) groups is 3. The SMILES string of the molecule is COc1ccc(CNC(=O)CNC(=O)CNC(=O)[C@@H](N)C(C)C)cc1.Cl. The maximum absolute atomic E-state index is 11.7. The van der Waals surface area contributed by atoms with Gasteiger partial charge in [-0.15, -0.1) is 12.4 Å². The van der Waals surface area contributed by atoms with E-state index in [1.54, 1.807) is 19.2 Å². The molecule has 1 atom stereocenters. The van der Waals surface area contributed by atoms with Crippen molar-refractivity contribution in [2.75, 3.05) is 20.2 Å². The van der Waals surface area contributed by atoms with Crippen molar-refractivity contribution in [3.8, 4) is 5.75 Å². The van der Waals surface area contributed by atoms with Crippen LogP contribution in [0.15, 0.2) is 24.3 Å². The molecule has 9 heteroatoms. The number of hydrogen-bond acceptors (Lipinski definition) is 5. The van der Waals surface area contributed by atoms with Crippen molar-refractivity contribution < 1.29 is 19.1 Å². The average molecular weight is 387 g/mol. The van der Waals surface area contributed by atoms with Crippen molar-refractivity contribution in [1.82, 2.24) is 16.0 Å². The second-order valence-electron chi connectivity index (χ2n) is 5.89. The van der Waals surface area contributed by atoms with Crippen LogP contribution in [0.4, 0.5) is 0 Å². The highest BCUT2D eigenvalue weighted by Gasteiger charge is 2.17. The van der Waals surface area contributed by atoms with Gasteiger partial charge in [-0.3, -0.25) is 14.4 Å². The van der Waals surface area contributed by atoms with Gasteiger partial charge >= 0.3 is 0 Å². The Kier molecular flexibility index (Phi) is 11.0. The third-order valence-electron chi connectivity index (χ3n) is 3.54. The number of benzene rings is 1. The lowest BCUT2D eigenvalue weighted by Crippen LogP contribution is -2.48. The molecule has 0 fully saturated rings. The van der Waals surface area contributed by atoms with Crippen LogP contribution in [0.25, 0.3) is 0 Å². The predicted octanol–water partition coefficient (Wildman–Crippen LogP) is -0.0511. The Labute approximate surface area is 159 Å². The van der Waals surface area contributed by atoms with Gasteiger partial charge in [0, 0.05) is 6.54 Å². The molecule has 0 aromatic heterocycles.